The van der Waals surface area contributed by atoms with Gasteiger partial charge in [-0.15, -0.1) is 0 Å². The van der Waals surface area contributed by atoms with Crippen LogP contribution in [0.3, 0.4) is 0 Å². The maximum atomic E-state index is 12.8. The second kappa shape index (κ2) is 8.33. The molecule has 0 bridgehead atoms. The summed E-state index contributed by atoms with van der Waals surface area (Å²) in [5, 5.41) is 2.72. The van der Waals surface area contributed by atoms with Crippen LogP contribution >= 0.6 is 0 Å². The van der Waals surface area contributed by atoms with Gasteiger partial charge in [-0.1, -0.05) is 18.2 Å². The maximum Gasteiger partial charge on any atom is 0.325 e. The number of nitrogens with one attached hydrogen (secondary N) is 1. The summed E-state index contributed by atoms with van der Waals surface area (Å²) < 4.78 is 18.2. The lowest BCUT2D eigenvalue weighted by Crippen LogP contribution is -2.41. The Morgan fingerprint density at radius 2 is 1.81 bits per heavy atom. The highest BCUT2D eigenvalue weighted by molar-refractivity contribution is 5.96. The summed E-state index contributed by atoms with van der Waals surface area (Å²) in [4.78, 5) is 27.6. The third-order valence-corrected chi connectivity index (χ3v) is 4.00. The summed E-state index contributed by atoms with van der Waals surface area (Å²) >= 11 is 0. The number of halogens is 1. The van der Waals surface area contributed by atoms with Crippen LogP contribution in [0, 0.1) is 5.82 Å². The quantitative estimate of drug-likeness (QED) is 0.773. The molecule has 0 aliphatic carbocycles. The molecule has 3 amide bonds. The van der Waals surface area contributed by atoms with Crippen LogP contribution in [0.25, 0.3) is 0 Å². The number of anilines is 1. The number of carbonyl (C=O) groups excluding carboxylic acids is 2. The lowest BCUT2D eigenvalue weighted by atomic mass is 10.3. The van der Waals surface area contributed by atoms with Crippen molar-refractivity contribution in [2.75, 3.05) is 37.7 Å². The molecular formula is C19H20FN3O3. The molecule has 0 unspecified atom stereocenters. The minimum absolute atomic E-state index is 0.0126. The Balaban J connectivity index is 1.39. The molecule has 7 heteroatoms. The summed E-state index contributed by atoms with van der Waals surface area (Å²) in [5.74, 6) is -0.0321. The fourth-order valence-corrected chi connectivity index (χ4v) is 2.70. The number of ether oxygens (including phenoxy) is 1. The third-order valence-electron chi connectivity index (χ3n) is 4.00. The standard InChI is InChI=1S/C19H20FN3O3/c20-15-6-8-17(9-7-15)26-13-10-21-18(24)14-22-11-12-23(19(22)25)16-4-2-1-3-5-16/h1-9H,10-14H2,(H,21,24). The first-order valence-electron chi connectivity index (χ1n) is 8.40. The number of carbonyl (C=O) groups is 2. The van der Waals surface area contributed by atoms with E-state index in [9.17, 15) is 14.0 Å². The number of urea groups is 1. The van der Waals surface area contributed by atoms with E-state index >= 15 is 0 Å². The average Bonchev–Trinajstić information content (AvgIpc) is 3.01. The Bertz CT molecular complexity index is 752. The largest absolute Gasteiger partial charge is 0.492 e. The van der Waals surface area contributed by atoms with E-state index in [2.05, 4.69) is 5.32 Å². The van der Waals surface area contributed by atoms with Crippen molar-refractivity contribution in [3.63, 3.8) is 0 Å². The molecular weight excluding hydrogens is 337 g/mol. The van der Waals surface area contributed by atoms with Crippen LogP contribution in [0.15, 0.2) is 54.6 Å². The number of hydrogen-bond acceptors (Lipinski definition) is 3. The predicted molar refractivity (Wildman–Crippen MR) is 95.7 cm³/mol. The number of benzene rings is 2. The van der Waals surface area contributed by atoms with E-state index in [1.54, 1.807) is 4.90 Å². The van der Waals surface area contributed by atoms with Gasteiger partial charge in [-0.05, 0) is 36.4 Å². The zero-order valence-electron chi connectivity index (χ0n) is 14.2. The van der Waals surface area contributed by atoms with Gasteiger partial charge < -0.3 is 15.0 Å². The van der Waals surface area contributed by atoms with Gasteiger partial charge in [-0.2, -0.15) is 0 Å². The Labute approximate surface area is 151 Å². The van der Waals surface area contributed by atoms with Crippen molar-refractivity contribution >= 4 is 17.6 Å². The number of nitrogens with zero attached hydrogens (tertiary/aromatic N) is 2. The van der Waals surface area contributed by atoms with Gasteiger partial charge in [0.2, 0.25) is 5.91 Å². The van der Waals surface area contributed by atoms with Gasteiger partial charge in [0.05, 0.1) is 6.54 Å². The molecule has 1 aliphatic rings. The van der Waals surface area contributed by atoms with Gasteiger partial charge in [-0.3, -0.25) is 9.69 Å². The van der Waals surface area contributed by atoms with E-state index in [0.29, 0.717) is 25.4 Å². The van der Waals surface area contributed by atoms with Crippen LogP contribution in [0.5, 0.6) is 5.75 Å². The molecule has 1 N–H and O–H groups in total. The fourth-order valence-electron chi connectivity index (χ4n) is 2.70. The molecule has 0 saturated carbocycles. The molecule has 2 aromatic rings. The van der Waals surface area contributed by atoms with Gasteiger partial charge >= 0.3 is 6.03 Å². The Morgan fingerprint density at radius 3 is 2.54 bits per heavy atom. The van der Waals surface area contributed by atoms with Crippen LogP contribution in [0.4, 0.5) is 14.9 Å². The summed E-state index contributed by atoms with van der Waals surface area (Å²) in [6.07, 6.45) is 0. The van der Waals surface area contributed by atoms with E-state index < -0.39 is 0 Å². The summed E-state index contributed by atoms with van der Waals surface area (Å²) in [6, 6.07) is 14.9. The Kier molecular flexibility index (Phi) is 5.68. The van der Waals surface area contributed by atoms with Crippen molar-refractivity contribution in [2.45, 2.75) is 0 Å². The van der Waals surface area contributed by atoms with Crippen LogP contribution in [0.2, 0.25) is 0 Å². The molecule has 0 radical (unpaired) electrons. The van der Waals surface area contributed by atoms with E-state index in [1.165, 1.54) is 29.2 Å². The first-order chi connectivity index (χ1) is 12.6. The zero-order valence-corrected chi connectivity index (χ0v) is 14.2. The smallest absolute Gasteiger partial charge is 0.325 e. The highest BCUT2D eigenvalue weighted by Crippen LogP contribution is 2.19. The van der Waals surface area contributed by atoms with Crippen molar-refractivity contribution in [3.05, 3.63) is 60.4 Å². The fraction of sp³-hybridized carbons (Fsp3) is 0.263. The minimum Gasteiger partial charge on any atom is -0.492 e. The highest BCUT2D eigenvalue weighted by atomic mass is 19.1. The molecule has 0 atom stereocenters. The number of para-hydroxylation sites is 1. The molecule has 0 aromatic heterocycles. The number of amides is 3. The van der Waals surface area contributed by atoms with Crippen LogP contribution in [-0.2, 0) is 4.79 Å². The number of rotatable bonds is 7. The van der Waals surface area contributed by atoms with Crippen molar-refractivity contribution in [1.29, 1.82) is 0 Å². The predicted octanol–water partition coefficient (Wildman–Crippen LogP) is 2.26. The first-order valence-corrected chi connectivity index (χ1v) is 8.40. The lowest BCUT2D eigenvalue weighted by molar-refractivity contribution is -0.121. The van der Waals surface area contributed by atoms with Gasteiger partial charge in [0.1, 0.15) is 24.7 Å². The highest BCUT2D eigenvalue weighted by Gasteiger charge is 2.30. The summed E-state index contributed by atoms with van der Waals surface area (Å²) in [6.45, 7) is 1.65. The zero-order chi connectivity index (χ0) is 18.4. The van der Waals surface area contributed by atoms with Gasteiger partial charge in [-0.25, -0.2) is 9.18 Å². The van der Waals surface area contributed by atoms with E-state index in [-0.39, 0.29) is 30.9 Å². The SMILES string of the molecule is O=C(CN1CCN(c2ccccc2)C1=O)NCCOc1ccc(F)cc1. The van der Waals surface area contributed by atoms with Crippen molar-refractivity contribution in [2.24, 2.45) is 0 Å². The van der Waals surface area contributed by atoms with Crippen LogP contribution in [0.1, 0.15) is 0 Å². The molecule has 1 fully saturated rings. The van der Waals surface area contributed by atoms with Gasteiger partial charge in [0.15, 0.2) is 0 Å². The molecule has 2 aromatic carbocycles. The Morgan fingerprint density at radius 1 is 1.08 bits per heavy atom. The van der Waals surface area contributed by atoms with Crippen LogP contribution in [-0.4, -0.2) is 49.6 Å². The van der Waals surface area contributed by atoms with E-state index in [0.717, 1.165) is 5.69 Å². The minimum atomic E-state index is -0.328. The molecule has 136 valence electrons. The second-order valence-electron chi connectivity index (χ2n) is 5.84. The normalized spacial score (nSPS) is 13.8. The number of hydrogen-bond donors (Lipinski definition) is 1. The third kappa shape index (κ3) is 4.50. The average molecular weight is 357 g/mol. The van der Waals surface area contributed by atoms with Crippen LogP contribution < -0.4 is 15.0 Å². The van der Waals surface area contributed by atoms with Crippen molar-refractivity contribution in [3.8, 4) is 5.75 Å². The molecule has 1 aliphatic heterocycles. The monoisotopic (exact) mass is 357 g/mol. The van der Waals surface area contributed by atoms with Crippen molar-refractivity contribution < 1.29 is 18.7 Å². The van der Waals surface area contributed by atoms with Gasteiger partial charge in [0.25, 0.3) is 0 Å². The van der Waals surface area contributed by atoms with E-state index in [1.807, 2.05) is 30.3 Å². The second-order valence-corrected chi connectivity index (χ2v) is 5.84. The molecule has 1 heterocycles. The molecule has 6 nitrogen and oxygen atoms in total. The first kappa shape index (κ1) is 17.7. The maximum absolute atomic E-state index is 12.8. The molecule has 0 spiro atoms. The molecule has 1 saturated heterocycles. The lowest BCUT2D eigenvalue weighted by Gasteiger charge is -2.18. The Hall–Kier alpha value is -3.09. The molecule has 26 heavy (non-hydrogen) atoms. The van der Waals surface area contributed by atoms with Crippen molar-refractivity contribution in [1.82, 2.24) is 10.2 Å². The van der Waals surface area contributed by atoms with E-state index in [4.69, 9.17) is 4.74 Å². The molecule has 3 rings (SSSR count). The topological polar surface area (TPSA) is 61.9 Å². The summed E-state index contributed by atoms with van der Waals surface area (Å²) in [7, 11) is 0. The van der Waals surface area contributed by atoms with Gasteiger partial charge in [0, 0.05) is 18.8 Å². The summed E-state index contributed by atoms with van der Waals surface area (Å²) in [5.41, 5.74) is 0.827.